The summed E-state index contributed by atoms with van der Waals surface area (Å²) in [5, 5.41) is 3.07. The summed E-state index contributed by atoms with van der Waals surface area (Å²) < 4.78 is 5.01. The Morgan fingerprint density at radius 1 is 1.53 bits per heavy atom. The smallest absolute Gasteiger partial charge is 0.189 e. The Hall–Kier alpha value is -1.55. The number of guanidine groups is 1. The van der Waals surface area contributed by atoms with Crippen LogP contribution in [0.1, 0.15) is 18.1 Å². The molecule has 0 saturated heterocycles. The predicted octanol–water partition coefficient (Wildman–Crippen LogP) is 1.43. The summed E-state index contributed by atoms with van der Waals surface area (Å²) in [6.07, 6.45) is 0. The maximum absolute atomic E-state index is 5.77. The van der Waals surface area contributed by atoms with Crippen molar-refractivity contribution in [1.82, 2.24) is 5.32 Å². The van der Waals surface area contributed by atoms with Crippen molar-refractivity contribution in [2.45, 2.75) is 26.4 Å². The van der Waals surface area contributed by atoms with Crippen molar-refractivity contribution in [3.8, 4) is 0 Å². The molecule has 17 heavy (non-hydrogen) atoms. The summed E-state index contributed by atoms with van der Waals surface area (Å²) in [5.74, 6) is 0.455. The van der Waals surface area contributed by atoms with Crippen molar-refractivity contribution in [2.75, 3.05) is 13.7 Å². The van der Waals surface area contributed by atoms with E-state index in [0.29, 0.717) is 19.1 Å². The summed E-state index contributed by atoms with van der Waals surface area (Å²) in [6.45, 7) is 5.27. The molecule has 1 atom stereocenters. The van der Waals surface area contributed by atoms with Crippen molar-refractivity contribution in [3.63, 3.8) is 0 Å². The van der Waals surface area contributed by atoms with E-state index in [0.717, 1.165) is 5.56 Å². The van der Waals surface area contributed by atoms with E-state index in [2.05, 4.69) is 29.4 Å². The van der Waals surface area contributed by atoms with Crippen molar-refractivity contribution in [3.05, 3.63) is 35.4 Å². The normalized spacial score (nSPS) is 13.5. The standard InChI is InChI=1S/C13H21N3O/c1-10-5-4-6-12(7-10)8-15-13(14)16-11(2)9-17-3/h4-7,11H,8-9H2,1-3H3,(H3,14,15,16). The minimum absolute atomic E-state index is 0.168. The lowest BCUT2D eigenvalue weighted by atomic mass is 10.1. The molecule has 0 aliphatic rings. The Labute approximate surface area is 103 Å². The van der Waals surface area contributed by atoms with Gasteiger partial charge in [0.1, 0.15) is 0 Å². The third-order valence-electron chi connectivity index (χ3n) is 2.33. The van der Waals surface area contributed by atoms with Crippen molar-refractivity contribution in [2.24, 2.45) is 10.7 Å². The van der Waals surface area contributed by atoms with E-state index in [1.165, 1.54) is 5.56 Å². The van der Waals surface area contributed by atoms with Crippen LogP contribution in [-0.4, -0.2) is 25.7 Å². The van der Waals surface area contributed by atoms with Gasteiger partial charge < -0.3 is 15.8 Å². The lowest BCUT2D eigenvalue weighted by molar-refractivity contribution is 0.179. The highest BCUT2D eigenvalue weighted by molar-refractivity contribution is 5.78. The van der Waals surface area contributed by atoms with Gasteiger partial charge in [0.05, 0.1) is 13.2 Å². The zero-order chi connectivity index (χ0) is 12.7. The van der Waals surface area contributed by atoms with Crippen LogP contribution in [0.5, 0.6) is 0 Å². The van der Waals surface area contributed by atoms with E-state index >= 15 is 0 Å². The molecule has 0 radical (unpaired) electrons. The van der Waals surface area contributed by atoms with Crippen LogP contribution < -0.4 is 11.1 Å². The van der Waals surface area contributed by atoms with Crippen LogP contribution in [0.4, 0.5) is 0 Å². The number of rotatable bonds is 5. The number of hydrogen-bond donors (Lipinski definition) is 2. The van der Waals surface area contributed by atoms with Crippen LogP contribution in [0, 0.1) is 6.92 Å². The summed E-state index contributed by atoms with van der Waals surface area (Å²) >= 11 is 0. The number of aryl methyl sites for hydroxylation is 1. The predicted molar refractivity (Wildman–Crippen MR) is 71.0 cm³/mol. The second kappa shape index (κ2) is 6.91. The van der Waals surface area contributed by atoms with Gasteiger partial charge in [-0.2, -0.15) is 0 Å². The monoisotopic (exact) mass is 235 g/mol. The maximum Gasteiger partial charge on any atom is 0.189 e. The molecule has 4 heteroatoms. The fourth-order valence-electron chi connectivity index (χ4n) is 1.58. The molecule has 1 aromatic rings. The Balaban J connectivity index is 2.47. The quantitative estimate of drug-likeness (QED) is 0.599. The second-order valence-corrected chi connectivity index (χ2v) is 4.19. The third-order valence-corrected chi connectivity index (χ3v) is 2.33. The first-order valence-corrected chi connectivity index (χ1v) is 5.72. The first-order valence-electron chi connectivity index (χ1n) is 5.72. The molecule has 0 aromatic heterocycles. The van der Waals surface area contributed by atoms with Gasteiger partial charge >= 0.3 is 0 Å². The van der Waals surface area contributed by atoms with Gasteiger partial charge in [0.25, 0.3) is 0 Å². The Morgan fingerprint density at radius 3 is 2.94 bits per heavy atom. The molecule has 0 saturated carbocycles. The first-order chi connectivity index (χ1) is 8.11. The molecule has 4 nitrogen and oxygen atoms in total. The summed E-state index contributed by atoms with van der Waals surface area (Å²) in [7, 11) is 1.66. The minimum atomic E-state index is 0.168. The second-order valence-electron chi connectivity index (χ2n) is 4.19. The average Bonchev–Trinajstić information content (AvgIpc) is 2.27. The average molecular weight is 235 g/mol. The van der Waals surface area contributed by atoms with Crippen LogP contribution in [0.25, 0.3) is 0 Å². The number of benzene rings is 1. The van der Waals surface area contributed by atoms with E-state index < -0.39 is 0 Å². The van der Waals surface area contributed by atoms with Crippen LogP contribution >= 0.6 is 0 Å². The molecule has 1 unspecified atom stereocenters. The molecule has 0 aliphatic carbocycles. The number of ether oxygens (including phenoxy) is 1. The van der Waals surface area contributed by atoms with Crippen LogP contribution in [0.2, 0.25) is 0 Å². The number of aliphatic imine (C=N–C) groups is 1. The third kappa shape index (κ3) is 5.36. The lowest BCUT2D eigenvalue weighted by Crippen LogP contribution is -2.40. The zero-order valence-corrected chi connectivity index (χ0v) is 10.7. The molecule has 3 N–H and O–H groups in total. The fraction of sp³-hybridized carbons (Fsp3) is 0.462. The fourth-order valence-corrected chi connectivity index (χ4v) is 1.58. The number of nitrogens with one attached hydrogen (secondary N) is 1. The van der Waals surface area contributed by atoms with Gasteiger partial charge in [-0.05, 0) is 19.4 Å². The Morgan fingerprint density at radius 2 is 2.29 bits per heavy atom. The number of nitrogens with zero attached hydrogens (tertiary/aromatic N) is 1. The highest BCUT2D eigenvalue weighted by Crippen LogP contribution is 2.04. The largest absolute Gasteiger partial charge is 0.383 e. The molecule has 0 bridgehead atoms. The van der Waals surface area contributed by atoms with Gasteiger partial charge in [-0.3, -0.25) is 0 Å². The van der Waals surface area contributed by atoms with E-state index in [1.807, 2.05) is 19.1 Å². The van der Waals surface area contributed by atoms with E-state index in [1.54, 1.807) is 7.11 Å². The zero-order valence-electron chi connectivity index (χ0n) is 10.7. The summed E-state index contributed by atoms with van der Waals surface area (Å²) in [6, 6.07) is 8.41. The van der Waals surface area contributed by atoms with E-state index in [4.69, 9.17) is 10.5 Å². The number of methoxy groups -OCH3 is 1. The topological polar surface area (TPSA) is 59.6 Å². The SMILES string of the molecule is COCC(C)NC(N)=NCc1cccc(C)c1. The van der Waals surface area contributed by atoms with Crippen LogP contribution in [0.3, 0.4) is 0 Å². The van der Waals surface area contributed by atoms with Gasteiger partial charge in [-0.15, -0.1) is 0 Å². The van der Waals surface area contributed by atoms with Crippen molar-refractivity contribution >= 4 is 5.96 Å². The summed E-state index contributed by atoms with van der Waals surface area (Å²) in [5.41, 5.74) is 8.17. The highest BCUT2D eigenvalue weighted by atomic mass is 16.5. The van der Waals surface area contributed by atoms with Gasteiger partial charge in [0, 0.05) is 13.2 Å². The Kier molecular flexibility index (Phi) is 5.49. The van der Waals surface area contributed by atoms with Gasteiger partial charge in [0.2, 0.25) is 0 Å². The van der Waals surface area contributed by atoms with Crippen molar-refractivity contribution in [1.29, 1.82) is 0 Å². The molecule has 94 valence electrons. The molecular weight excluding hydrogens is 214 g/mol. The van der Waals surface area contributed by atoms with Gasteiger partial charge in [-0.1, -0.05) is 29.8 Å². The molecule has 0 spiro atoms. The van der Waals surface area contributed by atoms with E-state index in [9.17, 15) is 0 Å². The van der Waals surface area contributed by atoms with Gasteiger partial charge in [-0.25, -0.2) is 4.99 Å². The van der Waals surface area contributed by atoms with Gasteiger partial charge in [0.15, 0.2) is 5.96 Å². The molecule has 0 fully saturated rings. The molecule has 0 aliphatic heterocycles. The van der Waals surface area contributed by atoms with Crippen molar-refractivity contribution < 1.29 is 4.74 Å². The molecular formula is C13H21N3O. The molecule has 0 amide bonds. The highest BCUT2D eigenvalue weighted by Gasteiger charge is 2.01. The van der Waals surface area contributed by atoms with Crippen LogP contribution in [0.15, 0.2) is 29.3 Å². The maximum atomic E-state index is 5.77. The molecule has 1 aromatic carbocycles. The first kappa shape index (κ1) is 13.5. The lowest BCUT2D eigenvalue weighted by Gasteiger charge is -2.13. The molecule has 0 heterocycles. The number of hydrogen-bond acceptors (Lipinski definition) is 2. The van der Waals surface area contributed by atoms with E-state index in [-0.39, 0.29) is 6.04 Å². The minimum Gasteiger partial charge on any atom is -0.383 e. The number of nitrogens with two attached hydrogens (primary N) is 1. The molecule has 1 rings (SSSR count). The van der Waals surface area contributed by atoms with Crippen LogP contribution in [-0.2, 0) is 11.3 Å². The summed E-state index contributed by atoms with van der Waals surface area (Å²) in [4.78, 5) is 4.29. The Bertz CT molecular complexity index is 377.